The maximum Gasteiger partial charge on any atom is 0.312 e. The summed E-state index contributed by atoms with van der Waals surface area (Å²) >= 11 is 0. The number of allylic oxidation sites excluding steroid dienone is 3. The van der Waals surface area contributed by atoms with Crippen molar-refractivity contribution in [1.82, 2.24) is 10.6 Å². The van der Waals surface area contributed by atoms with E-state index in [0.717, 1.165) is 25.7 Å². The second-order valence-electron chi connectivity index (χ2n) is 7.82. The Morgan fingerprint density at radius 3 is 2.73 bits per heavy atom. The number of carbonyl (C=O) groups excluding carboxylic acids is 1. The average Bonchev–Trinajstić information content (AvgIpc) is 2.70. The number of nitrogens with one attached hydrogen (secondary N) is 3. The number of carbonyl (C=O) groups is 1. The van der Waals surface area contributed by atoms with Crippen LogP contribution in [0.15, 0.2) is 53.6 Å². The average molecular weight is 414 g/mol. The summed E-state index contributed by atoms with van der Waals surface area (Å²) in [5.41, 5.74) is 6.16. The Morgan fingerprint density at radius 1 is 1.37 bits per heavy atom. The van der Waals surface area contributed by atoms with Gasteiger partial charge in [-0.15, -0.1) is 0 Å². The number of nitrogens with zero attached hydrogens (tertiary/aromatic N) is 1. The van der Waals surface area contributed by atoms with Crippen LogP contribution < -0.4 is 21.1 Å². The van der Waals surface area contributed by atoms with Gasteiger partial charge in [0.1, 0.15) is 5.76 Å². The van der Waals surface area contributed by atoms with Crippen molar-refractivity contribution in [2.45, 2.75) is 44.2 Å². The van der Waals surface area contributed by atoms with E-state index >= 15 is 0 Å². The van der Waals surface area contributed by atoms with Crippen LogP contribution in [0.3, 0.4) is 0 Å². The lowest BCUT2D eigenvalue weighted by molar-refractivity contribution is -0.894. The second-order valence-corrected chi connectivity index (χ2v) is 7.82. The van der Waals surface area contributed by atoms with E-state index in [1.54, 1.807) is 18.3 Å². The third kappa shape index (κ3) is 4.80. The zero-order chi connectivity index (χ0) is 21.9. The van der Waals surface area contributed by atoms with Crippen molar-refractivity contribution in [3.63, 3.8) is 0 Å². The first kappa shape index (κ1) is 21.4. The van der Waals surface area contributed by atoms with Gasteiger partial charge in [0.05, 0.1) is 24.1 Å². The van der Waals surface area contributed by atoms with Gasteiger partial charge in [-0.1, -0.05) is 0 Å². The van der Waals surface area contributed by atoms with Crippen LogP contribution in [0, 0.1) is 5.41 Å². The molecule has 0 spiro atoms. The Morgan fingerprint density at radius 2 is 2.07 bits per heavy atom. The van der Waals surface area contributed by atoms with Crippen molar-refractivity contribution in [2.75, 3.05) is 12.8 Å². The maximum atomic E-state index is 12.6. The quantitative estimate of drug-likeness (QED) is 0.315. The largest absolute Gasteiger partial charge is 0.494 e. The van der Waals surface area contributed by atoms with Crippen molar-refractivity contribution >= 4 is 17.4 Å². The van der Waals surface area contributed by atoms with Crippen LogP contribution in [-0.4, -0.2) is 40.7 Å². The first-order valence-electron chi connectivity index (χ1n) is 9.76. The Kier molecular flexibility index (Phi) is 6.12. The highest BCUT2D eigenvalue weighted by Gasteiger charge is 2.28. The number of methoxy groups -OCH3 is 1. The topological polar surface area (TPSA) is 145 Å². The zero-order valence-corrected chi connectivity index (χ0v) is 17.1. The van der Waals surface area contributed by atoms with E-state index in [1.807, 2.05) is 6.92 Å². The Bertz CT molecular complexity index is 939. The monoisotopic (exact) mass is 414 g/mol. The van der Waals surface area contributed by atoms with E-state index in [4.69, 9.17) is 15.9 Å². The lowest BCUT2D eigenvalue weighted by atomic mass is 9.84. The number of hydrogen-bond donors (Lipinski definition) is 6. The number of anilines is 1. The van der Waals surface area contributed by atoms with Crippen LogP contribution in [0.5, 0.6) is 0 Å². The van der Waals surface area contributed by atoms with Gasteiger partial charge in [0, 0.05) is 30.0 Å². The fourth-order valence-corrected chi connectivity index (χ4v) is 3.47. The van der Waals surface area contributed by atoms with Crippen LogP contribution >= 0.6 is 0 Å². The van der Waals surface area contributed by atoms with Gasteiger partial charge in [-0.25, -0.2) is 0 Å². The highest BCUT2D eigenvalue weighted by Crippen LogP contribution is 2.28. The third-order valence-electron chi connectivity index (χ3n) is 5.38. The summed E-state index contributed by atoms with van der Waals surface area (Å²) < 4.78 is 5.90. The highest BCUT2D eigenvalue weighted by atomic mass is 16.5. The second kappa shape index (κ2) is 8.58. The molecule has 0 radical (unpaired) electrons. The number of aliphatic hydroxyl groups is 1. The molecule has 1 fully saturated rings. The van der Waals surface area contributed by atoms with Gasteiger partial charge in [0.25, 0.3) is 5.91 Å². The number of nitrogen functional groups attached to an aromatic ring is 1. The first-order valence-corrected chi connectivity index (χ1v) is 9.76. The minimum absolute atomic E-state index is 0.0285. The summed E-state index contributed by atoms with van der Waals surface area (Å²) in [5.74, 6) is -0.220. The molecule has 160 valence electrons. The van der Waals surface area contributed by atoms with Gasteiger partial charge < -0.3 is 31.1 Å². The molecule has 1 heterocycles. The summed E-state index contributed by atoms with van der Waals surface area (Å²) in [6.45, 7) is 1.85. The molecule has 7 N–H and O–H groups in total. The molecule has 0 aromatic carbocycles. The number of hydrogen-bond acceptors (Lipinski definition) is 7. The number of rotatable bonds is 5. The Balaban J connectivity index is 1.76. The molecule has 0 atom stereocenters. The molecule has 0 bridgehead atoms. The van der Waals surface area contributed by atoms with Gasteiger partial charge in [-0.3, -0.25) is 10.5 Å². The Labute approximate surface area is 175 Å². The van der Waals surface area contributed by atoms with Crippen molar-refractivity contribution in [2.24, 2.45) is 0 Å². The molecule has 0 aliphatic heterocycles. The number of aromatic nitrogens is 1. The molecular weight excluding hydrogens is 386 g/mol. The molecule has 9 heteroatoms. The summed E-state index contributed by atoms with van der Waals surface area (Å²) in [7, 11) is 1.45. The van der Waals surface area contributed by atoms with Crippen molar-refractivity contribution < 1.29 is 24.6 Å². The van der Waals surface area contributed by atoms with Crippen molar-refractivity contribution in [3.05, 3.63) is 59.3 Å². The maximum absolute atomic E-state index is 12.6. The van der Waals surface area contributed by atoms with Gasteiger partial charge in [-0.2, -0.15) is 0 Å². The van der Waals surface area contributed by atoms with Gasteiger partial charge >= 0.3 is 5.82 Å². The van der Waals surface area contributed by atoms with Crippen molar-refractivity contribution in [1.29, 1.82) is 5.41 Å². The molecule has 9 nitrogen and oxygen atoms in total. The molecule has 0 unspecified atom stereocenters. The summed E-state index contributed by atoms with van der Waals surface area (Å²) in [6.07, 6.45) is 8.01. The molecule has 1 saturated carbocycles. The van der Waals surface area contributed by atoms with E-state index in [9.17, 15) is 15.1 Å². The summed E-state index contributed by atoms with van der Waals surface area (Å²) in [5, 5.41) is 34.3. The standard InChI is InChI=1S/C21H27N5O4/c1-21(28)8-6-14(7-9-21)24-12-13-10-16(18(30-2)11-15(13)22)25-20(27)17-4-3-5-19(23)26(17)29/h3-5,10-12,14,28-29H,6-9H2,1-2H3,(H4,22,23,24,25,27)/p+1/t14-,21-. The van der Waals surface area contributed by atoms with Crippen molar-refractivity contribution in [3.8, 4) is 0 Å². The van der Waals surface area contributed by atoms with Crippen LogP contribution in [0.2, 0.25) is 0 Å². The van der Waals surface area contributed by atoms with E-state index in [-0.39, 0.29) is 23.3 Å². The van der Waals surface area contributed by atoms with Crippen LogP contribution in [0.25, 0.3) is 0 Å². The van der Waals surface area contributed by atoms with E-state index in [2.05, 4.69) is 10.6 Å². The fourth-order valence-electron chi connectivity index (χ4n) is 3.47. The number of ether oxygens (including phenoxy) is 1. The van der Waals surface area contributed by atoms with Crippen LogP contribution in [-0.2, 0) is 4.74 Å². The normalized spacial score (nSPS) is 25.4. The fraction of sp³-hybridized carbons (Fsp3) is 0.381. The Hall–Kier alpha value is -3.33. The molecule has 30 heavy (non-hydrogen) atoms. The lowest BCUT2D eigenvalue weighted by Crippen LogP contribution is -2.44. The van der Waals surface area contributed by atoms with Crippen LogP contribution in [0.1, 0.15) is 43.1 Å². The SMILES string of the molecule is COC1=CC(=N)/C(=C\N[C@H]2CC[C@](C)(O)CC2)C=C1NC(=O)c1cccc(N)[n+]1O. The molecule has 0 saturated heterocycles. The molecule has 2 aliphatic rings. The molecular formula is C21H28N5O4+. The highest BCUT2D eigenvalue weighted by molar-refractivity contribution is 6.10. The number of nitrogens with two attached hydrogens (primary N) is 1. The smallest absolute Gasteiger partial charge is 0.312 e. The lowest BCUT2D eigenvalue weighted by Gasteiger charge is -2.33. The minimum atomic E-state index is -0.610. The van der Waals surface area contributed by atoms with Gasteiger partial charge in [0.2, 0.25) is 5.69 Å². The van der Waals surface area contributed by atoms with E-state index < -0.39 is 11.5 Å². The van der Waals surface area contributed by atoms with E-state index in [0.29, 0.717) is 21.8 Å². The number of amides is 1. The van der Waals surface area contributed by atoms with Crippen LogP contribution in [0.4, 0.5) is 5.82 Å². The molecule has 1 amide bonds. The van der Waals surface area contributed by atoms with Gasteiger partial charge in [-0.05, 0) is 55.5 Å². The third-order valence-corrected chi connectivity index (χ3v) is 5.38. The molecule has 2 aliphatic carbocycles. The first-order chi connectivity index (χ1) is 14.2. The summed E-state index contributed by atoms with van der Waals surface area (Å²) in [4.78, 5) is 12.6. The predicted octanol–water partition coefficient (Wildman–Crippen LogP) is 1.14. The minimum Gasteiger partial charge on any atom is -0.494 e. The predicted molar refractivity (Wildman–Crippen MR) is 111 cm³/mol. The molecule has 1 aromatic heterocycles. The zero-order valence-electron chi connectivity index (χ0n) is 17.1. The number of pyridine rings is 1. The van der Waals surface area contributed by atoms with Gasteiger partial charge in [0.15, 0.2) is 0 Å². The van der Waals surface area contributed by atoms with E-state index in [1.165, 1.54) is 25.3 Å². The molecule has 1 aromatic rings. The molecule has 3 rings (SSSR count). The summed E-state index contributed by atoms with van der Waals surface area (Å²) in [6, 6.07) is 4.68.